The minimum Gasteiger partial charge on any atom is -0.335 e. The Hall–Kier alpha value is -1.27. The second-order valence-corrected chi connectivity index (χ2v) is 7.16. The SMILES string of the molecule is Cl.NC[C@H]1CCC[C@H]1C(=O)N1CCCCC1c1ccccc1C(F)(F)F. The smallest absolute Gasteiger partial charge is 0.335 e. The second-order valence-electron chi connectivity index (χ2n) is 7.16. The summed E-state index contributed by atoms with van der Waals surface area (Å²) < 4.78 is 40.3. The molecular formula is C19H26ClF3N2O. The molecule has 3 nitrogen and oxygen atoms in total. The Labute approximate surface area is 158 Å². The number of halogens is 4. The number of nitrogens with zero attached hydrogens (tertiary/aromatic N) is 1. The van der Waals surface area contributed by atoms with Gasteiger partial charge in [0, 0.05) is 12.5 Å². The number of benzene rings is 1. The summed E-state index contributed by atoms with van der Waals surface area (Å²) in [6.07, 6.45) is 0.558. The molecule has 1 saturated carbocycles. The molecule has 3 atom stereocenters. The maximum Gasteiger partial charge on any atom is 0.416 e. The van der Waals surface area contributed by atoms with Crippen LogP contribution in [0.1, 0.15) is 55.7 Å². The van der Waals surface area contributed by atoms with E-state index < -0.39 is 17.8 Å². The third kappa shape index (κ3) is 4.17. The Balaban J connectivity index is 0.00000243. The van der Waals surface area contributed by atoms with Gasteiger partial charge in [0.15, 0.2) is 0 Å². The van der Waals surface area contributed by atoms with Crippen LogP contribution in [0.25, 0.3) is 0 Å². The van der Waals surface area contributed by atoms with Crippen molar-refractivity contribution in [2.45, 2.75) is 50.7 Å². The van der Waals surface area contributed by atoms with Crippen molar-refractivity contribution in [1.29, 1.82) is 0 Å². The Bertz CT molecular complexity index is 623. The number of alkyl halides is 3. The predicted octanol–water partition coefficient (Wildman–Crippen LogP) is 4.56. The van der Waals surface area contributed by atoms with Crippen LogP contribution in [0.2, 0.25) is 0 Å². The van der Waals surface area contributed by atoms with Crippen molar-refractivity contribution in [3.05, 3.63) is 35.4 Å². The molecule has 146 valence electrons. The number of hydrogen-bond acceptors (Lipinski definition) is 2. The summed E-state index contributed by atoms with van der Waals surface area (Å²) >= 11 is 0. The number of carbonyl (C=O) groups excluding carboxylic acids is 1. The average Bonchev–Trinajstić information content (AvgIpc) is 3.09. The molecule has 1 aromatic carbocycles. The highest BCUT2D eigenvalue weighted by molar-refractivity contribution is 5.85. The van der Waals surface area contributed by atoms with E-state index in [1.807, 2.05) is 0 Å². The van der Waals surface area contributed by atoms with Gasteiger partial charge < -0.3 is 10.6 Å². The van der Waals surface area contributed by atoms with Crippen LogP contribution in [0.3, 0.4) is 0 Å². The number of carbonyl (C=O) groups is 1. The lowest BCUT2D eigenvalue weighted by Gasteiger charge is -2.39. The van der Waals surface area contributed by atoms with E-state index in [0.29, 0.717) is 19.5 Å². The zero-order chi connectivity index (χ0) is 18.0. The van der Waals surface area contributed by atoms with Gasteiger partial charge in [-0.3, -0.25) is 4.79 Å². The summed E-state index contributed by atoms with van der Waals surface area (Å²) in [4.78, 5) is 14.8. The normalized spacial score (nSPS) is 26.5. The van der Waals surface area contributed by atoms with Gasteiger partial charge in [0.2, 0.25) is 5.91 Å². The fourth-order valence-electron chi connectivity index (χ4n) is 4.42. The molecular weight excluding hydrogens is 365 g/mol. The molecule has 1 aromatic rings. The molecule has 1 unspecified atom stereocenters. The Morgan fingerprint density at radius 3 is 2.54 bits per heavy atom. The number of rotatable bonds is 3. The largest absolute Gasteiger partial charge is 0.416 e. The number of piperidine rings is 1. The molecule has 0 aromatic heterocycles. The van der Waals surface area contributed by atoms with E-state index in [2.05, 4.69) is 0 Å². The maximum absolute atomic E-state index is 13.4. The predicted molar refractivity (Wildman–Crippen MR) is 96.9 cm³/mol. The quantitative estimate of drug-likeness (QED) is 0.822. The molecule has 2 aliphatic rings. The van der Waals surface area contributed by atoms with Gasteiger partial charge in [-0.25, -0.2) is 0 Å². The van der Waals surface area contributed by atoms with Crippen molar-refractivity contribution in [2.75, 3.05) is 13.1 Å². The zero-order valence-corrected chi connectivity index (χ0v) is 15.5. The standard InChI is InChI=1S/C19H25F3N2O.ClH/c20-19(21,22)16-9-2-1-7-15(16)17-10-3-4-11-24(17)18(25)14-8-5-6-13(14)12-23;/h1-2,7,9,13-14,17H,3-6,8,10-12,23H2;1H/t13-,14-,17?;/m1./s1. The van der Waals surface area contributed by atoms with E-state index in [1.54, 1.807) is 11.0 Å². The molecule has 1 aliphatic heterocycles. The lowest BCUT2D eigenvalue weighted by molar-refractivity contribution is -0.144. The minimum atomic E-state index is -4.41. The molecule has 2 N–H and O–H groups in total. The van der Waals surface area contributed by atoms with E-state index in [9.17, 15) is 18.0 Å². The topological polar surface area (TPSA) is 46.3 Å². The van der Waals surface area contributed by atoms with Gasteiger partial charge in [0.05, 0.1) is 11.6 Å². The molecule has 1 heterocycles. The monoisotopic (exact) mass is 390 g/mol. The summed E-state index contributed by atoms with van der Waals surface area (Å²) in [5.74, 6) is 0.0196. The Morgan fingerprint density at radius 1 is 1.12 bits per heavy atom. The van der Waals surface area contributed by atoms with Crippen LogP contribution in [0.15, 0.2) is 24.3 Å². The van der Waals surface area contributed by atoms with Crippen LogP contribution in [-0.2, 0) is 11.0 Å². The lowest BCUT2D eigenvalue weighted by Crippen LogP contribution is -2.44. The van der Waals surface area contributed by atoms with Gasteiger partial charge in [-0.15, -0.1) is 12.4 Å². The molecule has 0 radical (unpaired) electrons. The first-order valence-electron chi connectivity index (χ1n) is 9.10. The first-order chi connectivity index (χ1) is 11.9. The highest BCUT2D eigenvalue weighted by Gasteiger charge is 2.41. The molecule has 2 fully saturated rings. The van der Waals surface area contributed by atoms with E-state index in [-0.39, 0.29) is 35.7 Å². The number of likely N-dealkylation sites (tertiary alicyclic amines) is 1. The highest BCUT2D eigenvalue weighted by atomic mass is 35.5. The third-order valence-electron chi connectivity index (χ3n) is 5.69. The van der Waals surface area contributed by atoms with Gasteiger partial charge in [-0.05, 0) is 56.2 Å². The summed E-state index contributed by atoms with van der Waals surface area (Å²) in [6, 6.07) is 5.18. The van der Waals surface area contributed by atoms with Gasteiger partial charge >= 0.3 is 6.18 Å². The molecule has 1 amide bonds. The Kier molecular flexibility index (Phi) is 6.97. The van der Waals surface area contributed by atoms with Crippen LogP contribution < -0.4 is 5.73 Å². The maximum atomic E-state index is 13.4. The van der Waals surface area contributed by atoms with Crippen LogP contribution in [0, 0.1) is 11.8 Å². The van der Waals surface area contributed by atoms with Gasteiger partial charge in [-0.1, -0.05) is 24.6 Å². The summed E-state index contributed by atoms with van der Waals surface area (Å²) in [5.41, 5.74) is 5.40. The zero-order valence-electron chi connectivity index (χ0n) is 14.7. The van der Waals surface area contributed by atoms with Crippen LogP contribution in [0.5, 0.6) is 0 Å². The first kappa shape index (κ1) is 21.0. The molecule has 0 bridgehead atoms. The molecule has 0 spiro atoms. The van der Waals surface area contributed by atoms with E-state index >= 15 is 0 Å². The minimum absolute atomic E-state index is 0. The van der Waals surface area contributed by atoms with Crippen molar-refractivity contribution in [3.63, 3.8) is 0 Å². The summed E-state index contributed by atoms with van der Waals surface area (Å²) in [6.45, 7) is 0.998. The van der Waals surface area contributed by atoms with Crippen LogP contribution >= 0.6 is 12.4 Å². The van der Waals surface area contributed by atoms with Gasteiger partial charge in [0.25, 0.3) is 0 Å². The lowest BCUT2D eigenvalue weighted by atomic mass is 9.88. The van der Waals surface area contributed by atoms with Crippen LogP contribution in [0.4, 0.5) is 13.2 Å². The first-order valence-corrected chi connectivity index (χ1v) is 9.10. The van der Waals surface area contributed by atoms with Crippen LogP contribution in [-0.4, -0.2) is 23.9 Å². The fraction of sp³-hybridized carbons (Fsp3) is 0.632. The van der Waals surface area contributed by atoms with Crippen molar-refractivity contribution < 1.29 is 18.0 Å². The third-order valence-corrected chi connectivity index (χ3v) is 5.69. The number of nitrogens with two attached hydrogens (primary N) is 1. The summed E-state index contributed by atoms with van der Waals surface area (Å²) in [7, 11) is 0. The molecule has 1 aliphatic carbocycles. The average molecular weight is 391 g/mol. The second kappa shape index (κ2) is 8.61. The highest BCUT2D eigenvalue weighted by Crippen LogP contribution is 2.42. The van der Waals surface area contributed by atoms with E-state index in [4.69, 9.17) is 5.73 Å². The van der Waals surface area contributed by atoms with Gasteiger partial charge in [-0.2, -0.15) is 13.2 Å². The van der Waals surface area contributed by atoms with Gasteiger partial charge in [0.1, 0.15) is 0 Å². The number of amides is 1. The van der Waals surface area contributed by atoms with Crippen molar-refractivity contribution in [1.82, 2.24) is 4.90 Å². The number of hydrogen-bond donors (Lipinski definition) is 1. The summed E-state index contributed by atoms with van der Waals surface area (Å²) in [5, 5.41) is 0. The molecule has 3 rings (SSSR count). The van der Waals surface area contributed by atoms with Crippen molar-refractivity contribution in [2.24, 2.45) is 17.6 Å². The molecule has 7 heteroatoms. The molecule has 1 saturated heterocycles. The fourth-order valence-corrected chi connectivity index (χ4v) is 4.42. The molecule has 26 heavy (non-hydrogen) atoms. The van der Waals surface area contributed by atoms with Crippen molar-refractivity contribution >= 4 is 18.3 Å². The van der Waals surface area contributed by atoms with E-state index in [1.165, 1.54) is 12.1 Å². The van der Waals surface area contributed by atoms with Crippen molar-refractivity contribution in [3.8, 4) is 0 Å². The van der Waals surface area contributed by atoms with E-state index in [0.717, 1.165) is 38.2 Å². The Morgan fingerprint density at radius 2 is 1.85 bits per heavy atom.